The third kappa shape index (κ3) is 3.50. The maximum atomic E-state index is 13.7. The van der Waals surface area contributed by atoms with E-state index in [2.05, 4.69) is 4.98 Å². The molecule has 0 radical (unpaired) electrons. The molecule has 0 bridgehead atoms. The number of aliphatic hydroxyl groups is 1. The second-order valence-corrected chi connectivity index (χ2v) is 7.68. The SMILES string of the molecule is Cc1ccc(N2C(=O)C(=O)/C(=C(/O)c3ccc(F)c(C)c3)C2c2ccccn2)c(C)c1. The van der Waals surface area contributed by atoms with Gasteiger partial charge in [-0.15, -0.1) is 0 Å². The Morgan fingerprint density at radius 2 is 1.77 bits per heavy atom. The summed E-state index contributed by atoms with van der Waals surface area (Å²) >= 11 is 0. The number of benzene rings is 2. The fourth-order valence-electron chi connectivity index (χ4n) is 3.92. The molecule has 1 N–H and O–H groups in total. The number of rotatable bonds is 3. The molecule has 0 spiro atoms. The summed E-state index contributed by atoms with van der Waals surface area (Å²) < 4.78 is 13.7. The lowest BCUT2D eigenvalue weighted by Gasteiger charge is -2.26. The highest BCUT2D eigenvalue weighted by Gasteiger charge is 2.48. The summed E-state index contributed by atoms with van der Waals surface area (Å²) in [6.07, 6.45) is 1.57. The molecule has 5 nitrogen and oxygen atoms in total. The molecule has 2 aromatic carbocycles. The molecular weight excluding hydrogens is 395 g/mol. The van der Waals surface area contributed by atoms with Crippen LogP contribution in [0.2, 0.25) is 0 Å². The van der Waals surface area contributed by atoms with Crippen molar-refractivity contribution in [3.05, 3.63) is 100 Å². The number of aromatic nitrogens is 1. The Kier molecular flexibility index (Phi) is 5.15. The molecule has 1 saturated heterocycles. The lowest BCUT2D eigenvalue weighted by atomic mass is 9.97. The average Bonchev–Trinajstić information content (AvgIpc) is 3.01. The Morgan fingerprint density at radius 1 is 1.00 bits per heavy atom. The summed E-state index contributed by atoms with van der Waals surface area (Å²) in [5, 5.41) is 11.1. The van der Waals surface area contributed by atoms with Crippen LogP contribution < -0.4 is 4.90 Å². The molecule has 1 aliphatic rings. The summed E-state index contributed by atoms with van der Waals surface area (Å²) in [6.45, 7) is 5.37. The lowest BCUT2D eigenvalue weighted by molar-refractivity contribution is -0.132. The van der Waals surface area contributed by atoms with Crippen molar-refractivity contribution in [1.82, 2.24) is 4.98 Å². The lowest BCUT2D eigenvalue weighted by Crippen LogP contribution is -2.30. The summed E-state index contributed by atoms with van der Waals surface area (Å²) in [5.41, 5.74) is 3.37. The number of carbonyl (C=O) groups is 2. The van der Waals surface area contributed by atoms with Gasteiger partial charge in [-0.1, -0.05) is 23.8 Å². The van der Waals surface area contributed by atoms with Crippen LogP contribution in [0.1, 0.15) is 34.0 Å². The van der Waals surface area contributed by atoms with Gasteiger partial charge in [-0.05, 0) is 68.3 Å². The van der Waals surface area contributed by atoms with Gasteiger partial charge in [0, 0.05) is 17.4 Å². The van der Waals surface area contributed by atoms with E-state index in [1.165, 1.54) is 23.1 Å². The molecule has 1 fully saturated rings. The summed E-state index contributed by atoms with van der Waals surface area (Å²) in [6, 6.07) is 13.9. The average molecular weight is 416 g/mol. The first kappa shape index (κ1) is 20.5. The number of amides is 1. The first-order valence-corrected chi connectivity index (χ1v) is 9.85. The van der Waals surface area contributed by atoms with E-state index >= 15 is 0 Å². The number of nitrogens with zero attached hydrogens (tertiary/aromatic N) is 2. The molecule has 1 atom stereocenters. The van der Waals surface area contributed by atoms with Crippen LogP contribution in [0.15, 0.2) is 66.4 Å². The van der Waals surface area contributed by atoms with Crippen LogP contribution in [-0.2, 0) is 9.59 Å². The highest BCUT2D eigenvalue weighted by molar-refractivity contribution is 6.51. The van der Waals surface area contributed by atoms with Gasteiger partial charge in [0.2, 0.25) is 0 Å². The number of aliphatic hydroxyl groups excluding tert-OH is 1. The van der Waals surface area contributed by atoms with Gasteiger partial charge in [0.05, 0.1) is 11.3 Å². The number of Topliss-reactive ketones (excluding diaryl/α,β-unsaturated/α-hetero) is 1. The zero-order valence-corrected chi connectivity index (χ0v) is 17.4. The fraction of sp³-hybridized carbons (Fsp3) is 0.160. The van der Waals surface area contributed by atoms with Crippen molar-refractivity contribution in [2.75, 3.05) is 4.90 Å². The van der Waals surface area contributed by atoms with Crippen molar-refractivity contribution in [2.24, 2.45) is 0 Å². The van der Waals surface area contributed by atoms with Crippen molar-refractivity contribution in [2.45, 2.75) is 26.8 Å². The Balaban J connectivity index is 1.97. The largest absolute Gasteiger partial charge is 0.507 e. The Hall–Kier alpha value is -3.80. The van der Waals surface area contributed by atoms with E-state index in [0.717, 1.165) is 11.1 Å². The smallest absolute Gasteiger partial charge is 0.300 e. The number of aryl methyl sites for hydroxylation is 3. The Morgan fingerprint density at radius 3 is 2.42 bits per heavy atom. The van der Waals surface area contributed by atoms with Crippen molar-refractivity contribution in [3.63, 3.8) is 0 Å². The molecule has 156 valence electrons. The van der Waals surface area contributed by atoms with Crippen LogP contribution in [0.25, 0.3) is 5.76 Å². The van der Waals surface area contributed by atoms with Gasteiger partial charge in [-0.3, -0.25) is 19.5 Å². The normalized spacial score (nSPS) is 17.9. The molecular formula is C25H21FN2O3. The minimum absolute atomic E-state index is 0.0744. The molecule has 4 rings (SSSR count). The van der Waals surface area contributed by atoms with Crippen molar-refractivity contribution in [1.29, 1.82) is 0 Å². The number of halogens is 1. The van der Waals surface area contributed by atoms with E-state index in [0.29, 0.717) is 16.9 Å². The van der Waals surface area contributed by atoms with Gasteiger partial charge in [0.1, 0.15) is 17.6 Å². The molecule has 1 aromatic heterocycles. The van der Waals surface area contributed by atoms with E-state index < -0.39 is 23.5 Å². The third-order valence-electron chi connectivity index (χ3n) is 5.46. The van der Waals surface area contributed by atoms with Gasteiger partial charge >= 0.3 is 0 Å². The van der Waals surface area contributed by atoms with Gasteiger partial charge < -0.3 is 5.11 Å². The summed E-state index contributed by atoms with van der Waals surface area (Å²) in [5.74, 6) is -2.34. The number of pyridine rings is 1. The summed E-state index contributed by atoms with van der Waals surface area (Å²) in [4.78, 5) is 32.0. The first-order chi connectivity index (χ1) is 14.8. The molecule has 31 heavy (non-hydrogen) atoms. The molecule has 1 aliphatic heterocycles. The van der Waals surface area contributed by atoms with E-state index in [9.17, 15) is 19.1 Å². The van der Waals surface area contributed by atoms with Crippen molar-refractivity contribution < 1.29 is 19.1 Å². The van der Waals surface area contributed by atoms with Crippen LogP contribution in [0, 0.1) is 26.6 Å². The highest BCUT2D eigenvalue weighted by atomic mass is 19.1. The zero-order chi connectivity index (χ0) is 22.3. The van der Waals surface area contributed by atoms with Gasteiger partial charge in [0.25, 0.3) is 11.7 Å². The monoisotopic (exact) mass is 416 g/mol. The van der Waals surface area contributed by atoms with Crippen molar-refractivity contribution in [3.8, 4) is 0 Å². The minimum Gasteiger partial charge on any atom is -0.507 e. The van der Waals surface area contributed by atoms with Crippen LogP contribution in [-0.4, -0.2) is 21.8 Å². The zero-order valence-electron chi connectivity index (χ0n) is 17.4. The van der Waals surface area contributed by atoms with Gasteiger partial charge in [-0.25, -0.2) is 4.39 Å². The predicted octanol–water partition coefficient (Wildman–Crippen LogP) is 4.77. The van der Waals surface area contributed by atoms with Crippen LogP contribution >= 0.6 is 0 Å². The van der Waals surface area contributed by atoms with Crippen LogP contribution in [0.3, 0.4) is 0 Å². The number of ketones is 1. The molecule has 0 saturated carbocycles. The number of hydrogen-bond acceptors (Lipinski definition) is 4. The van der Waals surface area contributed by atoms with Crippen molar-refractivity contribution >= 4 is 23.1 Å². The van der Waals surface area contributed by atoms with Gasteiger partial charge in [0.15, 0.2) is 0 Å². The maximum absolute atomic E-state index is 13.7. The van der Waals surface area contributed by atoms with E-state index in [1.807, 2.05) is 26.0 Å². The summed E-state index contributed by atoms with van der Waals surface area (Å²) in [7, 11) is 0. The Labute approximate surface area is 179 Å². The highest BCUT2D eigenvalue weighted by Crippen LogP contribution is 2.42. The van der Waals surface area contributed by atoms with Crippen LogP contribution in [0.5, 0.6) is 0 Å². The second-order valence-electron chi connectivity index (χ2n) is 7.68. The quantitative estimate of drug-likeness (QED) is 0.379. The molecule has 1 unspecified atom stereocenters. The molecule has 0 aliphatic carbocycles. The predicted molar refractivity (Wildman–Crippen MR) is 116 cm³/mol. The number of hydrogen-bond donors (Lipinski definition) is 1. The number of anilines is 1. The number of carbonyl (C=O) groups excluding carboxylic acids is 2. The second kappa shape index (κ2) is 7.80. The minimum atomic E-state index is -0.909. The van der Waals surface area contributed by atoms with Gasteiger partial charge in [-0.2, -0.15) is 0 Å². The first-order valence-electron chi connectivity index (χ1n) is 9.85. The van der Waals surface area contributed by atoms with Crippen LogP contribution in [0.4, 0.5) is 10.1 Å². The fourth-order valence-corrected chi connectivity index (χ4v) is 3.92. The molecule has 3 aromatic rings. The van der Waals surface area contributed by atoms with E-state index in [-0.39, 0.29) is 16.9 Å². The standard InChI is InChI=1S/C25H21FN2O3/c1-14-7-10-20(16(3)12-14)28-22(19-6-4-5-11-27-19)21(24(30)25(28)31)23(29)17-8-9-18(26)15(2)13-17/h4-13,22,29H,1-3H3/b23-21+. The molecule has 6 heteroatoms. The van der Waals surface area contributed by atoms with E-state index in [4.69, 9.17) is 0 Å². The third-order valence-corrected chi connectivity index (χ3v) is 5.46. The van der Waals surface area contributed by atoms with E-state index in [1.54, 1.807) is 37.4 Å². The Bertz CT molecular complexity index is 1230. The maximum Gasteiger partial charge on any atom is 0.300 e. The topological polar surface area (TPSA) is 70.5 Å². The molecule has 1 amide bonds. The molecule has 2 heterocycles.